The van der Waals surface area contributed by atoms with E-state index in [4.69, 9.17) is 5.73 Å². The minimum Gasteiger partial charge on any atom is -0.330 e. The first-order chi connectivity index (χ1) is 8.24. The van der Waals surface area contributed by atoms with Crippen molar-refractivity contribution < 1.29 is 0 Å². The van der Waals surface area contributed by atoms with Crippen molar-refractivity contribution >= 4 is 11.8 Å². The predicted molar refractivity (Wildman–Crippen MR) is 70.8 cm³/mol. The molecule has 0 aliphatic heterocycles. The van der Waals surface area contributed by atoms with Crippen LogP contribution in [-0.2, 0) is 7.05 Å². The normalized spacial score (nSPS) is 29.5. The summed E-state index contributed by atoms with van der Waals surface area (Å²) in [5.41, 5.74) is 5.89. The van der Waals surface area contributed by atoms with E-state index in [9.17, 15) is 0 Å². The standard InChI is InChI=1S/C12H22N4S/c1-3-9-4-5-10(7-13)11(6-9)17-12-14-8-15-16(12)2/h8-11H,3-7,13H2,1-2H3. The molecule has 0 spiro atoms. The minimum atomic E-state index is 0.613. The van der Waals surface area contributed by atoms with Gasteiger partial charge in [0, 0.05) is 12.3 Å². The second-order valence-corrected chi connectivity index (χ2v) is 6.11. The lowest BCUT2D eigenvalue weighted by atomic mass is 9.80. The van der Waals surface area contributed by atoms with Crippen LogP contribution in [0.25, 0.3) is 0 Å². The molecule has 1 aliphatic rings. The van der Waals surface area contributed by atoms with Gasteiger partial charge < -0.3 is 5.73 Å². The minimum absolute atomic E-state index is 0.613. The smallest absolute Gasteiger partial charge is 0.186 e. The third-order valence-electron chi connectivity index (χ3n) is 3.84. The Labute approximate surface area is 107 Å². The average Bonchev–Trinajstić information content (AvgIpc) is 2.75. The van der Waals surface area contributed by atoms with Gasteiger partial charge in [-0.2, -0.15) is 5.10 Å². The summed E-state index contributed by atoms with van der Waals surface area (Å²) >= 11 is 1.86. The summed E-state index contributed by atoms with van der Waals surface area (Å²) in [5, 5.41) is 5.76. The molecule has 1 heterocycles. The van der Waals surface area contributed by atoms with E-state index in [0.717, 1.165) is 17.6 Å². The summed E-state index contributed by atoms with van der Waals surface area (Å²) in [4.78, 5) is 4.30. The summed E-state index contributed by atoms with van der Waals surface area (Å²) in [6.45, 7) is 3.09. The first-order valence-corrected chi connectivity index (χ1v) is 7.33. The van der Waals surface area contributed by atoms with Crippen LogP contribution in [0.5, 0.6) is 0 Å². The first kappa shape index (κ1) is 12.9. The molecule has 2 rings (SSSR count). The molecule has 1 saturated carbocycles. The van der Waals surface area contributed by atoms with Gasteiger partial charge in [0.2, 0.25) is 0 Å². The lowest BCUT2D eigenvalue weighted by molar-refractivity contribution is 0.283. The van der Waals surface area contributed by atoms with Crippen molar-refractivity contribution in [1.82, 2.24) is 14.8 Å². The molecule has 1 aliphatic carbocycles. The van der Waals surface area contributed by atoms with Gasteiger partial charge in [0.25, 0.3) is 0 Å². The number of hydrogen-bond acceptors (Lipinski definition) is 4. The van der Waals surface area contributed by atoms with Crippen LogP contribution in [-0.4, -0.2) is 26.6 Å². The zero-order chi connectivity index (χ0) is 12.3. The highest BCUT2D eigenvalue weighted by Crippen LogP contribution is 2.39. The number of rotatable bonds is 4. The quantitative estimate of drug-likeness (QED) is 0.893. The van der Waals surface area contributed by atoms with Gasteiger partial charge in [0.05, 0.1) is 0 Å². The van der Waals surface area contributed by atoms with Crippen LogP contribution in [0, 0.1) is 11.8 Å². The molecular weight excluding hydrogens is 232 g/mol. The first-order valence-electron chi connectivity index (χ1n) is 6.45. The Morgan fingerprint density at radius 2 is 2.35 bits per heavy atom. The van der Waals surface area contributed by atoms with Crippen molar-refractivity contribution in [3.8, 4) is 0 Å². The van der Waals surface area contributed by atoms with Crippen LogP contribution in [0.4, 0.5) is 0 Å². The van der Waals surface area contributed by atoms with E-state index in [2.05, 4.69) is 17.0 Å². The van der Waals surface area contributed by atoms with Crippen molar-refractivity contribution in [2.24, 2.45) is 24.6 Å². The van der Waals surface area contributed by atoms with Gasteiger partial charge in [-0.25, -0.2) is 9.67 Å². The Bertz CT molecular complexity index is 352. The molecule has 1 aromatic rings. The number of nitrogens with two attached hydrogens (primary N) is 1. The number of hydrogen-bond donors (Lipinski definition) is 1. The lowest BCUT2D eigenvalue weighted by Crippen LogP contribution is -2.32. The Kier molecular flexibility index (Phi) is 4.45. The monoisotopic (exact) mass is 254 g/mol. The van der Waals surface area contributed by atoms with Gasteiger partial charge in [0.1, 0.15) is 6.33 Å². The molecule has 0 bridgehead atoms. The maximum absolute atomic E-state index is 5.89. The fourth-order valence-electron chi connectivity index (χ4n) is 2.59. The van der Waals surface area contributed by atoms with E-state index in [1.165, 1.54) is 25.7 Å². The van der Waals surface area contributed by atoms with Crippen LogP contribution >= 0.6 is 11.8 Å². The van der Waals surface area contributed by atoms with Crippen molar-refractivity contribution in [2.45, 2.75) is 43.0 Å². The number of nitrogens with zero attached hydrogens (tertiary/aromatic N) is 3. The van der Waals surface area contributed by atoms with E-state index in [-0.39, 0.29) is 0 Å². The summed E-state index contributed by atoms with van der Waals surface area (Å²) in [5.74, 6) is 1.50. The molecule has 17 heavy (non-hydrogen) atoms. The topological polar surface area (TPSA) is 56.7 Å². The Morgan fingerprint density at radius 3 is 2.94 bits per heavy atom. The fourth-order valence-corrected chi connectivity index (χ4v) is 3.97. The van der Waals surface area contributed by atoms with Crippen molar-refractivity contribution in [3.05, 3.63) is 6.33 Å². The number of aromatic nitrogens is 3. The van der Waals surface area contributed by atoms with Gasteiger partial charge in [-0.3, -0.25) is 0 Å². The number of thioether (sulfide) groups is 1. The van der Waals surface area contributed by atoms with E-state index in [0.29, 0.717) is 11.2 Å². The molecule has 0 aromatic carbocycles. The summed E-state index contributed by atoms with van der Waals surface area (Å²) in [6.07, 6.45) is 6.79. The molecule has 3 atom stereocenters. The fraction of sp³-hybridized carbons (Fsp3) is 0.833. The average molecular weight is 254 g/mol. The van der Waals surface area contributed by atoms with Gasteiger partial charge in [-0.15, -0.1) is 0 Å². The highest BCUT2D eigenvalue weighted by atomic mass is 32.2. The van der Waals surface area contributed by atoms with Crippen LogP contribution in [0.2, 0.25) is 0 Å². The summed E-state index contributed by atoms with van der Waals surface area (Å²) in [7, 11) is 1.95. The van der Waals surface area contributed by atoms with Gasteiger partial charge in [0.15, 0.2) is 5.16 Å². The molecule has 4 nitrogen and oxygen atoms in total. The van der Waals surface area contributed by atoms with Gasteiger partial charge in [-0.1, -0.05) is 31.5 Å². The van der Waals surface area contributed by atoms with E-state index < -0.39 is 0 Å². The van der Waals surface area contributed by atoms with Crippen molar-refractivity contribution in [2.75, 3.05) is 6.54 Å². The van der Waals surface area contributed by atoms with E-state index >= 15 is 0 Å². The molecule has 3 unspecified atom stereocenters. The molecule has 2 N–H and O–H groups in total. The van der Waals surface area contributed by atoms with Gasteiger partial charge >= 0.3 is 0 Å². The van der Waals surface area contributed by atoms with Crippen LogP contribution in [0.1, 0.15) is 32.6 Å². The Hall–Kier alpha value is -0.550. The van der Waals surface area contributed by atoms with Crippen LogP contribution in [0.15, 0.2) is 11.5 Å². The molecule has 96 valence electrons. The SMILES string of the molecule is CCC1CCC(CN)C(Sc2ncnn2C)C1. The molecule has 0 radical (unpaired) electrons. The highest BCUT2D eigenvalue weighted by Gasteiger charge is 2.30. The maximum Gasteiger partial charge on any atom is 0.186 e. The van der Waals surface area contributed by atoms with Gasteiger partial charge in [-0.05, 0) is 31.2 Å². The zero-order valence-electron chi connectivity index (χ0n) is 10.7. The maximum atomic E-state index is 5.89. The Balaban J connectivity index is 2.03. The molecule has 0 saturated heterocycles. The number of aryl methyl sites for hydroxylation is 1. The summed E-state index contributed by atoms with van der Waals surface area (Å²) < 4.78 is 1.85. The predicted octanol–water partition coefficient (Wildman–Crippen LogP) is 2.06. The largest absolute Gasteiger partial charge is 0.330 e. The molecule has 0 amide bonds. The molecular formula is C12H22N4S. The third kappa shape index (κ3) is 3.01. The second kappa shape index (κ2) is 5.87. The van der Waals surface area contributed by atoms with Crippen LogP contribution in [0.3, 0.4) is 0 Å². The van der Waals surface area contributed by atoms with Crippen molar-refractivity contribution in [3.63, 3.8) is 0 Å². The second-order valence-electron chi connectivity index (χ2n) is 4.91. The van der Waals surface area contributed by atoms with E-state index in [1.807, 2.05) is 23.5 Å². The molecule has 5 heteroatoms. The van der Waals surface area contributed by atoms with E-state index in [1.54, 1.807) is 6.33 Å². The molecule has 1 fully saturated rings. The highest BCUT2D eigenvalue weighted by molar-refractivity contribution is 7.99. The van der Waals surface area contributed by atoms with Crippen LogP contribution < -0.4 is 5.73 Å². The van der Waals surface area contributed by atoms with Crippen molar-refractivity contribution in [1.29, 1.82) is 0 Å². The third-order valence-corrected chi connectivity index (χ3v) is 5.30. The Morgan fingerprint density at radius 1 is 1.53 bits per heavy atom. The zero-order valence-corrected chi connectivity index (χ0v) is 11.5. The lowest BCUT2D eigenvalue weighted by Gasteiger charge is -2.34. The summed E-state index contributed by atoms with van der Waals surface area (Å²) in [6, 6.07) is 0. The molecule has 1 aromatic heterocycles.